The highest BCUT2D eigenvalue weighted by Crippen LogP contribution is 2.27. The number of para-hydroxylation sites is 1. The van der Waals surface area contributed by atoms with Crippen molar-refractivity contribution in [3.05, 3.63) is 71.9 Å². The Morgan fingerprint density at radius 1 is 1.03 bits per heavy atom. The normalized spacial score (nSPS) is 12.3. The van der Waals surface area contributed by atoms with Gasteiger partial charge >= 0.3 is 0 Å². The first kappa shape index (κ1) is 20.1. The number of benzene rings is 2. The van der Waals surface area contributed by atoms with Gasteiger partial charge in [-0.2, -0.15) is 0 Å². The number of nitrogens with zero attached hydrogens (tertiary/aromatic N) is 3. The molecule has 0 saturated heterocycles. The molecule has 3 N–H and O–H groups in total. The third-order valence-corrected chi connectivity index (χ3v) is 5.95. The summed E-state index contributed by atoms with van der Waals surface area (Å²) in [5.74, 6) is 0.417. The maximum Gasteiger partial charge on any atom is 0.233 e. The lowest BCUT2D eigenvalue weighted by molar-refractivity contribution is 0.576. The van der Waals surface area contributed by atoms with Gasteiger partial charge in [0.05, 0.1) is 17.4 Å². The van der Waals surface area contributed by atoms with Crippen molar-refractivity contribution >= 4 is 43.9 Å². The maximum atomic E-state index is 12.1. The first-order valence-corrected chi connectivity index (χ1v) is 11.3. The van der Waals surface area contributed by atoms with Crippen LogP contribution in [0.2, 0.25) is 0 Å². The van der Waals surface area contributed by atoms with Crippen molar-refractivity contribution in [1.29, 1.82) is 0 Å². The summed E-state index contributed by atoms with van der Waals surface area (Å²) in [5.41, 5.74) is 9.40. The number of rotatable bonds is 8. The largest absolute Gasteiger partial charge is 0.382 e. The van der Waals surface area contributed by atoms with Crippen molar-refractivity contribution in [2.45, 2.75) is 19.4 Å². The Hall–Kier alpha value is -3.23. The average Bonchev–Trinajstić information content (AvgIpc) is 3.18. The second-order valence-electron chi connectivity index (χ2n) is 7.01. The van der Waals surface area contributed by atoms with E-state index in [1.165, 1.54) is 5.41 Å². The number of aryl methyl sites for hydroxylation is 1. The van der Waals surface area contributed by atoms with Crippen molar-refractivity contribution in [2.75, 3.05) is 12.3 Å². The molecule has 0 bridgehead atoms. The maximum absolute atomic E-state index is 12.1. The average molecular weight is 422 g/mol. The molecule has 0 atom stereocenters. The molecule has 0 amide bonds. The minimum Gasteiger partial charge on any atom is -0.382 e. The number of anilines is 1. The van der Waals surface area contributed by atoms with Gasteiger partial charge in [0, 0.05) is 23.9 Å². The molecule has 2 heterocycles. The van der Waals surface area contributed by atoms with Crippen LogP contribution in [0.15, 0.2) is 66.3 Å². The molecule has 30 heavy (non-hydrogen) atoms. The molecule has 0 spiro atoms. The summed E-state index contributed by atoms with van der Waals surface area (Å²) in [6.45, 7) is 1.09. The van der Waals surface area contributed by atoms with E-state index in [0.29, 0.717) is 30.8 Å². The molecule has 154 valence electrons. The Morgan fingerprint density at radius 3 is 2.63 bits per heavy atom. The van der Waals surface area contributed by atoms with Gasteiger partial charge in [0.2, 0.25) is 10.0 Å². The van der Waals surface area contributed by atoms with Gasteiger partial charge in [0.15, 0.2) is 5.82 Å². The van der Waals surface area contributed by atoms with Crippen molar-refractivity contribution in [3.63, 3.8) is 0 Å². The summed E-state index contributed by atoms with van der Waals surface area (Å²) in [4.78, 5) is 8.83. The van der Waals surface area contributed by atoms with Crippen LogP contribution >= 0.6 is 0 Å². The third-order valence-electron chi connectivity index (χ3n) is 4.85. The number of pyridine rings is 1. The first-order valence-electron chi connectivity index (χ1n) is 9.75. The number of fused-ring (bicyclic) bond motifs is 3. The molecule has 0 radical (unpaired) electrons. The van der Waals surface area contributed by atoms with E-state index in [9.17, 15) is 8.42 Å². The zero-order valence-corrected chi connectivity index (χ0v) is 17.2. The van der Waals surface area contributed by atoms with Crippen LogP contribution in [0.25, 0.3) is 28.0 Å². The molecule has 2 aromatic heterocycles. The van der Waals surface area contributed by atoms with Crippen molar-refractivity contribution in [3.8, 4) is 0 Å². The van der Waals surface area contributed by atoms with E-state index in [-0.39, 0.29) is 0 Å². The Kier molecular flexibility index (Phi) is 5.78. The molecule has 7 nitrogen and oxygen atoms in total. The summed E-state index contributed by atoms with van der Waals surface area (Å²) in [7, 11) is -3.46. The summed E-state index contributed by atoms with van der Waals surface area (Å²) in [6, 6.07) is 17.2. The molecular weight excluding hydrogens is 398 g/mol. The summed E-state index contributed by atoms with van der Waals surface area (Å²) in [6.07, 6.45) is 4.86. The van der Waals surface area contributed by atoms with Crippen LogP contribution in [-0.4, -0.2) is 29.5 Å². The molecule has 4 aromatic rings. The smallest absolute Gasteiger partial charge is 0.233 e. The van der Waals surface area contributed by atoms with Crippen LogP contribution in [0.4, 0.5) is 5.82 Å². The van der Waals surface area contributed by atoms with Gasteiger partial charge in [-0.1, -0.05) is 48.5 Å². The van der Waals surface area contributed by atoms with E-state index in [1.807, 2.05) is 54.6 Å². The SMILES string of the molecule is Nc1nc2ccccc2c2c1ncn2CCCCNS(=O)(=O)C=Cc1ccccc1. The highest BCUT2D eigenvalue weighted by atomic mass is 32.2. The quantitative estimate of drug-likeness (QED) is 0.424. The molecule has 0 saturated carbocycles. The van der Waals surface area contributed by atoms with Gasteiger partial charge in [-0.3, -0.25) is 0 Å². The van der Waals surface area contributed by atoms with Crippen LogP contribution in [-0.2, 0) is 16.6 Å². The Bertz CT molecular complexity index is 1300. The number of aromatic nitrogens is 3. The highest BCUT2D eigenvalue weighted by molar-refractivity contribution is 7.92. The van der Waals surface area contributed by atoms with E-state index in [1.54, 1.807) is 12.4 Å². The fraction of sp³-hybridized carbons (Fsp3) is 0.182. The molecule has 4 rings (SSSR count). The lowest BCUT2D eigenvalue weighted by Gasteiger charge is -2.08. The van der Waals surface area contributed by atoms with Gasteiger partial charge in [0.1, 0.15) is 5.52 Å². The zero-order valence-electron chi connectivity index (χ0n) is 16.4. The van der Waals surface area contributed by atoms with E-state index < -0.39 is 10.0 Å². The molecule has 8 heteroatoms. The molecule has 0 aliphatic heterocycles. The predicted octanol–water partition coefficient (Wildman–Crippen LogP) is 3.54. The Balaban J connectivity index is 1.36. The van der Waals surface area contributed by atoms with Crippen LogP contribution < -0.4 is 10.5 Å². The topological polar surface area (TPSA) is 103 Å². The number of sulfonamides is 1. The molecule has 0 fully saturated rings. The lowest BCUT2D eigenvalue weighted by atomic mass is 10.2. The van der Waals surface area contributed by atoms with Crippen molar-refractivity contribution in [1.82, 2.24) is 19.3 Å². The van der Waals surface area contributed by atoms with Crippen LogP contribution in [0.3, 0.4) is 0 Å². The molecular formula is C22H23N5O2S. The number of nitrogens with two attached hydrogens (primary N) is 1. The van der Waals surface area contributed by atoms with Crippen molar-refractivity contribution in [2.24, 2.45) is 0 Å². The number of imidazole rings is 1. The molecule has 0 aliphatic rings. The summed E-state index contributed by atoms with van der Waals surface area (Å²) < 4.78 is 28.9. The number of nitrogens with one attached hydrogen (secondary N) is 1. The Labute approximate surface area is 175 Å². The second-order valence-corrected chi connectivity index (χ2v) is 8.66. The highest BCUT2D eigenvalue weighted by Gasteiger charge is 2.12. The van der Waals surface area contributed by atoms with E-state index >= 15 is 0 Å². The predicted molar refractivity (Wildman–Crippen MR) is 121 cm³/mol. The van der Waals surface area contributed by atoms with Gasteiger partial charge < -0.3 is 10.3 Å². The lowest BCUT2D eigenvalue weighted by Crippen LogP contribution is -2.22. The standard InChI is InChI=1S/C22H23N5O2S/c23-22-20-21(18-10-4-5-11-19(18)26-22)27(16-24-20)14-7-6-13-25-30(28,29)15-12-17-8-2-1-3-9-17/h1-5,8-12,15-16,25H,6-7,13-14H2,(H2,23,26). The molecule has 0 aliphatic carbocycles. The Morgan fingerprint density at radius 2 is 1.80 bits per heavy atom. The van der Waals surface area contributed by atoms with Crippen LogP contribution in [0.1, 0.15) is 18.4 Å². The number of unbranched alkanes of at least 4 members (excludes halogenated alkanes) is 1. The van der Waals surface area contributed by atoms with E-state index in [4.69, 9.17) is 5.73 Å². The van der Waals surface area contributed by atoms with Gasteiger partial charge in [0.25, 0.3) is 0 Å². The van der Waals surface area contributed by atoms with Crippen LogP contribution in [0.5, 0.6) is 0 Å². The summed E-state index contributed by atoms with van der Waals surface area (Å²) >= 11 is 0. The van der Waals surface area contributed by atoms with E-state index in [2.05, 4.69) is 19.3 Å². The minimum absolute atomic E-state index is 0.374. The summed E-state index contributed by atoms with van der Waals surface area (Å²) in [5, 5.41) is 2.21. The monoisotopic (exact) mass is 421 g/mol. The van der Waals surface area contributed by atoms with Gasteiger partial charge in [-0.15, -0.1) is 0 Å². The number of hydrogen-bond acceptors (Lipinski definition) is 5. The van der Waals surface area contributed by atoms with Crippen LogP contribution in [0, 0.1) is 0 Å². The van der Waals surface area contributed by atoms with Gasteiger partial charge in [-0.05, 0) is 30.5 Å². The van der Waals surface area contributed by atoms with Crippen molar-refractivity contribution < 1.29 is 8.42 Å². The molecule has 2 aromatic carbocycles. The number of nitrogen functional groups attached to an aromatic ring is 1. The first-order chi connectivity index (χ1) is 14.5. The van der Waals surface area contributed by atoms with Gasteiger partial charge in [-0.25, -0.2) is 23.1 Å². The zero-order chi connectivity index (χ0) is 21.0. The van der Waals surface area contributed by atoms with E-state index in [0.717, 1.165) is 28.4 Å². The fourth-order valence-corrected chi connectivity index (χ4v) is 4.24. The molecule has 0 unspecified atom stereocenters. The number of hydrogen-bond donors (Lipinski definition) is 2. The minimum atomic E-state index is -3.46. The second kappa shape index (κ2) is 8.64. The fourth-order valence-electron chi connectivity index (χ4n) is 3.38. The third kappa shape index (κ3) is 4.50.